The highest BCUT2D eigenvalue weighted by Crippen LogP contribution is 2.31. The van der Waals surface area contributed by atoms with Gasteiger partial charge in [-0.2, -0.15) is 0 Å². The van der Waals surface area contributed by atoms with Gasteiger partial charge in [-0.15, -0.1) is 6.58 Å². The highest BCUT2D eigenvalue weighted by Gasteiger charge is 2.38. The Kier molecular flexibility index (Phi) is 6.05. The summed E-state index contributed by atoms with van der Waals surface area (Å²) in [5.74, 6) is -0.660. The molecule has 1 rings (SSSR count). The molecule has 1 aliphatic carbocycles. The number of carbonyl (C=O) groups excluding carboxylic acids is 2. The second-order valence-electron chi connectivity index (χ2n) is 5.08. The number of carbonyl (C=O) groups is 2. The molecule has 1 aliphatic rings. The maximum Gasteiger partial charge on any atom is 0.226 e. The maximum atomic E-state index is 12.2. The molecular formula is C14H23NO3. The Hall–Kier alpha value is -1.16. The van der Waals surface area contributed by atoms with Crippen molar-refractivity contribution in [3.8, 4) is 0 Å². The second kappa shape index (κ2) is 7.31. The fraction of sp³-hybridized carbons (Fsp3) is 0.714. The summed E-state index contributed by atoms with van der Waals surface area (Å²) in [6.45, 7) is 4.36. The highest BCUT2D eigenvalue weighted by molar-refractivity contribution is 5.82. The predicted octanol–water partition coefficient (Wildman–Crippen LogP) is 1.39. The Labute approximate surface area is 109 Å². The van der Waals surface area contributed by atoms with Crippen LogP contribution in [0.5, 0.6) is 0 Å². The predicted molar refractivity (Wildman–Crippen MR) is 70.0 cm³/mol. The fourth-order valence-corrected chi connectivity index (χ4v) is 2.51. The zero-order valence-corrected chi connectivity index (χ0v) is 11.0. The lowest BCUT2D eigenvalue weighted by atomic mass is 9.96. The number of aldehydes is 1. The molecule has 3 atom stereocenters. The Morgan fingerprint density at radius 2 is 2.17 bits per heavy atom. The summed E-state index contributed by atoms with van der Waals surface area (Å²) < 4.78 is 0. The summed E-state index contributed by atoms with van der Waals surface area (Å²) in [4.78, 5) is 24.7. The number of hydrogen-bond acceptors (Lipinski definition) is 3. The summed E-state index contributed by atoms with van der Waals surface area (Å²) >= 11 is 0. The van der Waals surface area contributed by atoms with E-state index in [1.165, 1.54) is 0 Å². The standard InChI is InChI=1S/C14H23NO3/c1-3-4-5-6-7-15(2)14(18)13-9-12(17)8-11(13)10-16/h3,10-13,17H,1,4-9H2,2H3. The van der Waals surface area contributed by atoms with Crippen LogP contribution in [0.1, 0.15) is 32.1 Å². The van der Waals surface area contributed by atoms with Gasteiger partial charge in [0.05, 0.1) is 12.0 Å². The molecule has 1 amide bonds. The number of aliphatic hydroxyl groups excluding tert-OH is 1. The first-order chi connectivity index (χ1) is 8.60. The lowest BCUT2D eigenvalue weighted by Crippen LogP contribution is -2.35. The zero-order valence-electron chi connectivity index (χ0n) is 11.0. The van der Waals surface area contributed by atoms with E-state index in [0.29, 0.717) is 19.4 Å². The minimum atomic E-state index is -0.511. The Morgan fingerprint density at radius 3 is 2.78 bits per heavy atom. The fourth-order valence-electron chi connectivity index (χ4n) is 2.51. The van der Waals surface area contributed by atoms with Gasteiger partial charge in [0.15, 0.2) is 0 Å². The number of hydrogen-bond donors (Lipinski definition) is 1. The molecule has 0 spiro atoms. The van der Waals surface area contributed by atoms with E-state index in [4.69, 9.17) is 0 Å². The van der Waals surface area contributed by atoms with Crippen LogP contribution >= 0.6 is 0 Å². The van der Waals surface area contributed by atoms with Gasteiger partial charge in [0, 0.05) is 19.5 Å². The van der Waals surface area contributed by atoms with Crippen LogP contribution in [0, 0.1) is 11.8 Å². The molecule has 4 nitrogen and oxygen atoms in total. The third kappa shape index (κ3) is 3.95. The summed E-state index contributed by atoms with van der Waals surface area (Å²) in [7, 11) is 1.77. The summed E-state index contributed by atoms with van der Waals surface area (Å²) in [5, 5.41) is 9.54. The van der Waals surface area contributed by atoms with Gasteiger partial charge in [-0.1, -0.05) is 6.08 Å². The number of nitrogens with zero attached hydrogens (tertiary/aromatic N) is 1. The van der Waals surface area contributed by atoms with E-state index in [9.17, 15) is 14.7 Å². The van der Waals surface area contributed by atoms with Crippen LogP contribution in [0.25, 0.3) is 0 Å². The molecule has 102 valence electrons. The molecule has 0 saturated heterocycles. The molecule has 1 fully saturated rings. The Balaban J connectivity index is 2.42. The SMILES string of the molecule is C=CCCCCN(C)C(=O)C1CC(O)CC1C=O. The maximum absolute atomic E-state index is 12.2. The van der Waals surface area contributed by atoms with E-state index in [1.54, 1.807) is 11.9 Å². The largest absolute Gasteiger partial charge is 0.393 e. The average Bonchev–Trinajstić information content (AvgIpc) is 2.74. The van der Waals surface area contributed by atoms with Crippen molar-refractivity contribution in [3.05, 3.63) is 12.7 Å². The molecule has 0 aromatic heterocycles. The molecule has 0 bridgehead atoms. The zero-order chi connectivity index (χ0) is 13.5. The summed E-state index contributed by atoms with van der Waals surface area (Å²) in [6.07, 6.45) is 5.93. The number of unbranched alkanes of at least 4 members (excludes halogenated alkanes) is 2. The molecule has 18 heavy (non-hydrogen) atoms. The van der Waals surface area contributed by atoms with E-state index in [2.05, 4.69) is 6.58 Å². The lowest BCUT2D eigenvalue weighted by molar-refractivity contribution is -0.137. The van der Waals surface area contributed by atoms with E-state index in [0.717, 1.165) is 25.5 Å². The van der Waals surface area contributed by atoms with Gasteiger partial charge in [0.2, 0.25) is 5.91 Å². The van der Waals surface area contributed by atoms with Gasteiger partial charge < -0.3 is 14.8 Å². The van der Waals surface area contributed by atoms with Gasteiger partial charge in [-0.25, -0.2) is 0 Å². The minimum absolute atomic E-state index is 0.0118. The van der Waals surface area contributed by atoms with Crippen molar-refractivity contribution in [2.24, 2.45) is 11.8 Å². The molecule has 3 unspecified atom stereocenters. The van der Waals surface area contributed by atoms with Gasteiger partial charge in [0.1, 0.15) is 6.29 Å². The molecule has 0 aromatic rings. The molecule has 0 aliphatic heterocycles. The first-order valence-electron chi connectivity index (χ1n) is 6.59. The number of amides is 1. The van der Waals surface area contributed by atoms with Crippen molar-refractivity contribution in [1.29, 1.82) is 0 Å². The van der Waals surface area contributed by atoms with Crippen LogP contribution in [0.4, 0.5) is 0 Å². The van der Waals surface area contributed by atoms with Crippen LogP contribution in [-0.4, -0.2) is 41.9 Å². The van der Waals surface area contributed by atoms with Crippen molar-refractivity contribution in [2.75, 3.05) is 13.6 Å². The van der Waals surface area contributed by atoms with Gasteiger partial charge in [-0.3, -0.25) is 4.79 Å². The van der Waals surface area contributed by atoms with Crippen LogP contribution in [0.15, 0.2) is 12.7 Å². The molecule has 0 aromatic carbocycles. The van der Waals surface area contributed by atoms with Gasteiger partial charge >= 0.3 is 0 Å². The van der Waals surface area contributed by atoms with Crippen molar-refractivity contribution >= 4 is 12.2 Å². The molecule has 0 heterocycles. The average molecular weight is 253 g/mol. The lowest BCUT2D eigenvalue weighted by Gasteiger charge is -2.22. The van der Waals surface area contributed by atoms with Crippen LogP contribution < -0.4 is 0 Å². The van der Waals surface area contributed by atoms with Crippen LogP contribution in [-0.2, 0) is 9.59 Å². The van der Waals surface area contributed by atoms with Crippen molar-refractivity contribution in [1.82, 2.24) is 4.90 Å². The van der Waals surface area contributed by atoms with Crippen molar-refractivity contribution in [2.45, 2.75) is 38.2 Å². The third-order valence-corrected chi connectivity index (χ3v) is 3.61. The van der Waals surface area contributed by atoms with Crippen molar-refractivity contribution < 1.29 is 14.7 Å². The van der Waals surface area contributed by atoms with Gasteiger partial charge in [-0.05, 0) is 32.1 Å². The van der Waals surface area contributed by atoms with E-state index in [1.807, 2.05) is 6.08 Å². The van der Waals surface area contributed by atoms with Crippen molar-refractivity contribution in [3.63, 3.8) is 0 Å². The highest BCUT2D eigenvalue weighted by atomic mass is 16.3. The van der Waals surface area contributed by atoms with E-state index in [-0.39, 0.29) is 17.7 Å². The minimum Gasteiger partial charge on any atom is -0.393 e. The molecule has 1 saturated carbocycles. The topological polar surface area (TPSA) is 57.6 Å². The summed E-state index contributed by atoms with van der Waals surface area (Å²) in [5.41, 5.74) is 0. The normalized spacial score (nSPS) is 26.9. The monoisotopic (exact) mass is 253 g/mol. The molecule has 0 radical (unpaired) electrons. The third-order valence-electron chi connectivity index (χ3n) is 3.61. The number of rotatable bonds is 7. The Morgan fingerprint density at radius 1 is 1.44 bits per heavy atom. The first kappa shape index (κ1) is 14.9. The smallest absolute Gasteiger partial charge is 0.226 e. The Bertz CT molecular complexity index is 303. The van der Waals surface area contributed by atoms with E-state index >= 15 is 0 Å². The first-order valence-corrected chi connectivity index (χ1v) is 6.59. The number of allylic oxidation sites excluding steroid dienone is 1. The number of aliphatic hydroxyl groups is 1. The molecule has 4 heteroatoms. The summed E-state index contributed by atoms with van der Waals surface area (Å²) in [6, 6.07) is 0. The quantitative estimate of drug-likeness (QED) is 0.424. The second-order valence-corrected chi connectivity index (χ2v) is 5.08. The van der Waals surface area contributed by atoms with Crippen LogP contribution in [0.3, 0.4) is 0 Å². The van der Waals surface area contributed by atoms with E-state index < -0.39 is 6.10 Å². The molecule has 1 N–H and O–H groups in total. The molecular weight excluding hydrogens is 230 g/mol. The van der Waals surface area contributed by atoms with Gasteiger partial charge in [0.25, 0.3) is 0 Å². The van der Waals surface area contributed by atoms with Crippen LogP contribution in [0.2, 0.25) is 0 Å².